The van der Waals surface area contributed by atoms with Crippen LogP contribution in [0.1, 0.15) is 29.5 Å². The van der Waals surface area contributed by atoms with Crippen molar-refractivity contribution >= 4 is 17.4 Å². The van der Waals surface area contributed by atoms with Gasteiger partial charge in [-0.2, -0.15) is 0 Å². The van der Waals surface area contributed by atoms with Crippen LogP contribution in [0.4, 0.5) is 0 Å². The molecule has 0 fully saturated rings. The molecular formula is C26H25NO4. The maximum Gasteiger partial charge on any atom is 0.322 e. The van der Waals surface area contributed by atoms with Gasteiger partial charge in [-0.15, -0.1) is 0 Å². The summed E-state index contributed by atoms with van der Waals surface area (Å²) in [6.07, 6.45) is 2.14. The second-order valence-electron chi connectivity index (χ2n) is 6.98. The first-order valence-electron chi connectivity index (χ1n) is 10.1. The Morgan fingerprint density at radius 2 is 1.48 bits per heavy atom. The molecule has 0 bridgehead atoms. The second kappa shape index (κ2) is 10.8. The van der Waals surface area contributed by atoms with Crippen LogP contribution in [0.15, 0.2) is 91.0 Å². The molecule has 3 aromatic carbocycles. The van der Waals surface area contributed by atoms with E-state index in [1.807, 2.05) is 67.6 Å². The highest BCUT2D eigenvalue weighted by molar-refractivity contribution is 5.82. The van der Waals surface area contributed by atoms with Gasteiger partial charge in [-0.05, 0) is 41.3 Å². The van der Waals surface area contributed by atoms with Crippen molar-refractivity contribution in [2.24, 2.45) is 0 Å². The van der Waals surface area contributed by atoms with E-state index in [0.717, 1.165) is 11.1 Å². The summed E-state index contributed by atoms with van der Waals surface area (Å²) in [4.78, 5) is 22.2. The van der Waals surface area contributed by atoms with E-state index in [2.05, 4.69) is 35.7 Å². The minimum Gasteiger partial charge on any atom is -0.484 e. The van der Waals surface area contributed by atoms with E-state index in [9.17, 15) is 9.59 Å². The van der Waals surface area contributed by atoms with Crippen molar-refractivity contribution in [3.8, 4) is 5.75 Å². The van der Waals surface area contributed by atoms with Crippen LogP contribution in [0.25, 0.3) is 5.57 Å². The number of hydrogen-bond acceptors (Lipinski definition) is 3. The molecule has 0 spiro atoms. The zero-order valence-electron chi connectivity index (χ0n) is 17.3. The molecule has 0 saturated carbocycles. The van der Waals surface area contributed by atoms with Gasteiger partial charge < -0.3 is 15.2 Å². The molecule has 0 aromatic heterocycles. The lowest BCUT2D eigenvalue weighted by Gasteiger charge is -2.22. The maximum atomic E-state index is 11.7. The number of carboxylic acids is 1. The van der Waals surface area contributed by atoms with E-state index in [-0.39, 0.29) is 12.5 Å². The Labute approximate surface area is 182 Å². The van der Waals surface area contributed by atoms with Gasteiger partial charge in [0, 0.05) is 5.92 Å². The normalized spacial score (nSPS) is 12.1. The van der Waals surface area contributed by atoms with E-state index < -0.39 is 18.4 Å². The van der Waals surface area contributed by atoms with Crippen molar-refractivity contribution in [2.45, 2.75) is 12.8 Å². The fourth-order valence-corrected chi connectivity index (χ4v) is 3.46. The lowest BCUT2D eigenvalue weighted by Crippen LogP contribution is -2.33. The zero-order valence-corrected chi connectivity index (χ0v) is 17.3. The molecule has 0 saturated heterocycles. The monoisotopic (exact) mass is 415 g/mol. The summed E-state index contributed by atoms with van der Waals surface area (Å²) in [5.74, 6) is -0.985. The summed E-state index contributed by atoms with van der Waals surface area (Å²) in [5, 5.41) is 10.9. The number of allylic oxidation sites excluding steroid dienone is 2. The fourth-order valence-electron chi connectivity index (χ4n) is 3.46. The topological polar surface area (TPSA) is 75.6 Å². The number of aliphatic carboxylic acids is 1. The Balaban J connectivity index is 1.82. The minimum absolute atomic E-state index is 0.0431. The molecule has 1 atom stereocenters. The minimum atomic E-state index is -1.09. The van der Waals surface area contributed by atoms with Crippen molar-refractivity contribution in [1.29, 1.82) is 0 Å². The van der Waals surface area contributed by atoms with Crippen molar-refractivity contribution in [2.75, 3.05) is 13.2 Å². The number of amides is 1. The number of nitrogens with one attached hydrogen (secondary N) is 1. The summed E-state index contributed by atoms with van der Waals surface area (Å²) in [6.45, 7) is 1.38. The Morgan fingerprint density at radius 3 is 2.06 bits per heavy atom. The first kappa shape index (κ1) is 21.8. The van der Waals surface area contributed by atoms with Crippen molar-refractivity contribution in [3.63, 3.8) is 0 Å². The number of rotatable bonds is 9. The third kappa shape index (κ3) is 6.06. The van der Waals surface area contributed by atoms with E-state index in [4.69, 9.17) is 9.84 Å². The molecule has 158 valence electrons. The second-order valence-corrected chi connectivity index (χ2v) is 6.98. The Morgan fingerprint density at radius 1 is 0.903 bits per heavy atom. The molecule has 5 heteroatoms. The van der Waals surface area contributed by atoms with E-state index in [0.29, 0.717) is 5.75 Å². The summed E-state index contributed by atoms with van der Waals surface area (Å²) >= 11 is 0. The Kier molecular flexibility index (Phi) is 7.60. The van der Waals surface area contributed by atoms with Gasteiger partial charge in [-0.3, -0.25) is 9.59 Å². The zero-order chi connectivity index (χ0) is 22.1. The van der Waals surface area contributed by atoms with Gasteiger partial charge in [0.2, 0.25) is 0 Å². The van der Waals surface area contributed by atoms with E-state index >= 15 is 0 Å². The first-order chi connectivity index (χ1) is 15.1. The molecule has 0 aliphatic heterocycles. The summed E-state index contributed by atoms with van der Waals surface area (Å²) < 4.78 is 5.49. The molecule has 1 unspecified atom stereocenters. The summed E-state index contributed by atoms with van der Waals surface area (Å²) in [6, 6.07) is 28.3. The third-order valence-electron chi connectivity index (χ3n) is 4.88. The van der Waals surface area contributed by atoms with Gasteiger partial charge in [0.05, 0.1) is 0 Å². The highest BCUT2D eigenvalue weighted by Gasteiger charge is 2.20. The van der Waals surface area contributed by atoms with Crippen LogP contribution in [0, 0.1) is 0 Å². The highest BCUT2D eigenvalue weighted by Crippen LogP contribution is 2.38. The predicted molar refractivity (Wildman–Crippen MR) is 121 cm³/mol. The Bertz CT molecular complexity index is 1030. The van der Waals surface area contributed by atoms with E-state index in [1.54, 1.807) is 0 Å². The highest BCUT2D eigenvalue weighted by atomic mass is 16.5. The van der Waals surface area contributed by atoms with Crippen LogP contribution >= 0.6 is 0 Å². The van der Waals surface area contributed by atoms with Crippen LogP contribution < -0.4 is 10.1 Å². The number of carbonyl (C=O) groups is 2. The number of hydrogen-bond donors (Lipinski definition) is 2. The average molecular weight is 415 g/mol. The number of carboxylic acid groups (broad SMARTS) is 1. The number of benzene rings is 3. The molecule has 5 nitrogen and oxygen atoms in total. The van der Waals surface area contributed by atoms with Gasteiger partial charge in [0.1, 0.15) is 12.3 Å². The predicted octanol–water partition coefficient (Wildman–Crippen LogP) is 4.50. The van der Waals surface area contributed by atoms with Crippen LogP contribution in [0.5, 0.6) is 5.75 Å². The average Bonchev–Trinajstić information content (AvgIpc) is 2.81. The van der Waals surface area contributed by atoms with Gasteiger partial charge in [-0.1, -0.05) is 78.9 Å². The molecule has 3 rings (SSSR count). The molecule has 3 aromatic rings. The molecule has 31 heavy (non-hydrogen) atoms. The van der Waals surface area contributed by atoms with Gasteiger partial charge in [0.25, 0.3) is 5.91 Å². The molecule has 0 aliphatic carbocycles. The molecule has 0 radical (unpaired) electrons. The number of ether oxygens (including phenoxy) is 1. The lowest BCUT2D eigenvalue weighted by molar-refractivity contribution is -0.138. The van der Waals surface area contributed by atoms with Crippen LogP contribution in [-0.4, -0.2) is 30.1 Å². The van der Waals surface area contributed by atoms with Crippen molar-refractivity contribution in [1.82, 2.24) is 5.32 Å². The van der Waals surface area contributed by atoms with Crippen LogP contribution in [0.3, 0.4) is 0 Å². The van der Waals surface area contributed by atoms with Gasteiger partial charge >= 0.3 is 5.97 Å². The van der Waals surface area contributed by atoms with Crippen molar-refractivity contribution in [3.05, 3.63) is 108 Å². The first-order valence-corrected chi connectivity index (χ1v) is 10.1. The fraction of sp³-hybridized carbons (Fsp3) is 0.154. The maximum absolute atomic E-state index is 11.7. The van der Waals surface area contributed by atoms with E-state index in [1.165, 1.54) is 11.1 Å². The molecule has 2 N–H and O–H groups in total. The molecular weight excluding hydrogens is 390 g/mol. The Hall–Kier alpha value is -3.86. The lowest BCUT2D eigenvalue weighted by atomic mass is 9.81. The third-order valence-corrected chi connectivity index (χ3v) is 4.88. The SMILES string of the molecule is C/C=C(/c1ccccc1)C(c1ccccc1)c1ccc(OCC(=O)NCC(=O)O)cc1. The van der Waals surface area contributed by atoms with Crippen molar-refractivity contribution < 1.29 is 19.4 Å². The largest absolute Gasteiger partial charge is 0.484 e. The summed E-state index contributed by atoms with van der Waals surface area (Å²) in [5.41, 5.74) is 4.65. The van der Waals surface area contributed by atoms with Gasteiger partial charge in [0.15, 0.2) is 6.61 Å². The molecule has 0 heterocycles. The van der Waals surface area contributed by atoms with Crippen LogP contribution in [-0.2, 0) is 9.59 Å². The molecule has 0 aliphatic rings. The smallest absolute Gasteiger partial charge is 0.322 e. The number of carbonyl (C=O) groups excluding carboxylic acids is 1. The van der Waals surface area contributed by atoms with Crippen LogP contribution in [0.2, 0.25) is 0 Å². The quantitative estimate of drug-likeness (QED) is 0.540. The molecule has 1 amide bonds. The standard InChI is InChI=1S/C26H25NO4/c1-2-23(19-9-5-3-6-10-19)26(20-11-7-4-8-12-20)21-13-15-22(16-14-21)31-18-24(28)27-17-25(29)30/h2-16,26H,17-18H2,1H3,(H,27,28)(H,29,30)/b23-2-. The summed E-state index contributed by atoms with van der Waals surface area (Å²) in [7, 11) is 0. The van der Waals surface area contributed by atoms with Gasteiger partial charge in [-0.25, -0.2) is 0 Å².